The van der Waals surface area contributed by atoms with Gasteiger partial charge in [0.1, 0.15) is 0 Å². The highest BCUT2D eigenvalue weighted by Gasteiger charge is 2.10. The predicted molar refractivity (Wildman–Crippen MR) is 90.8 cm³/mol. The normalized spacial score (nSPS) is 9.92. The third-order valence-corrected chi connectivity index (χ3v) is 3.31. The topological polar surface area (TPSA) is 87.3 Å². The molecule has 1 radical (unpaired) electrons. The lowest BCUT2D eigenvalue weighted by Gasteiger charge is -2.08. The van der Waals surface area contributed by atoms with Crippen molar-refractivity contribution in [2.45, 2.75) is 6.92 Å². The lowest BCUT2D eigenvalue weighted by Crippen LogP contribution is -2.35. The van der Waals surface area contributed by atoms with Crippen molar-refractivity contribution < 1.29 is 14.4 Å². The van der Waals surface area contributed by atoms with Crippen LogP contribution in [0, 0.1) is 13.0 Å². The van der Waals surface area contributed by atoms with E-state index in [-0.39, 0.29) is 18.4 Å². The predicted octanol–water partition coefficient (Wildman–Crippen LogP) is 1.52. The standard InChI is InChI=1S/C18H18N3O3/c1-12-6-8-13(9-7-12)18(24)21-15-5-3-4-14(10-15)17(23)20-11-16(22)19-2/h4-10H,11H2,1-2H3,(H,19,22)(H,20,23)(H,21,24). The summed E-state index contributed by atoms with van der Waals surface area (Å²) in [7, 11) is 1.49. The molecular weight excluding hydrogens is 306 g/mol. The summed E-state index contributed by atoms with van der Waals surface area (Å²) in [6.07, 6.45) is 0. The smallest absolute Gasteiger partial charge is 0.255 e. The molecule has 2 rings (SSSR count). The minimum absolute atomic E-state index is 0.116. The Balaban J connectivity index is 2.04. The van der Waals surface area contributed by atoms with Gasteiger partial charge in [0, 0.05) is 23.9 Å². The molecule has 6 nitrogen and oxygen atoms in total. The first-order valence-corrected chi connectivity index (χ1v) is 7.37. The van der Waals surface area contributed by atoms with E-state index in [0.717, 1.165) is 5.56 Å². The van der Waals surface area contributed by atoms with Crippen molar-refractivity contribution in [3.05, 3.63) is 65.2 Å². The van der Waals surface area contributed by atoms with Crippen LogP contribution in [0.1, 0.15) is 26.3 Å². The van der Waals surface area contributed by atoms with E-state index in [0.29, 0.717) is 16.8 Å². The second kappa shape index (κ2) is 7.92. The van der Waals surface area contributed by atoms with Gasteiger partial charge in [0.15, 0.2) is 0 Å². The quantitative estimate of drug-likeness (QED) is 0.779. The van der Waals surface area contributed by atoms with Gasteiger partial charge in [-0.1, -0.05) is 17.7 Å². The maximum atomic E-state index is 12.2. The summed E-state index contributed by atoms with van der Waals surface area (Å²) in [6.45, 7) is 1.83. The van der Waals surface area contributed by atoms with Crippen LogP contribution in [0.5, 0.6) is 0 Å². The number of benzene rings is 2. The molecule has 0 spiro atoms. The van der Waals surface area contributed by atoms with Gasteiger partial charge in [0.2, 0.25) is 5.91 Å². The largest absolute Gasteiger partial charge is 0.358 e. The van der Waals surface area contributed by atoms with E-state index < -0.39 is 5.91 Å². The minimum Gasteiger partial charge on any atom is -0.358 e. The highest BCUT2D eigenvalue weighted by atomic mass is 16.2. The molecule has 0 atom stereocenters. The Kier molecular flexibility index (Phi) is 5.68. The molecule has 3 N–H and O–H groups in total. The van der Waals surface area contributed by atoms with Gasteiger partial charge in [-0.25, -0.2) is 0 Å². The molecule has 2 aromatic rings. The van der Waals surface area contributed by atoms with E-state index in [4.69, 9.17) is 0 Å². The zero-order valence-electron chi connectivity index (χ0n) is 13.5. The van der Waals surface area contributed by atoms with Crippen molar-refractivity contribution in [1.29, 1.82) is 0 Å². The molecule has 24 heavy (non-hydrogen) atoms. The Hall–Kier alpha value is -3.15. The lowest BCUT2D eigenvalue weighted by molar-refractivity contribution is -0.119. The third kappa shape index (κ3) is 4.67. The Bertz CT molecular complexity index is 754. The maximum absolute atomic E-state index is 12.2. The average Bonchev–Trinajstić information content (AvgIpc) is 2.60. The number of hydrogen-bond acceptors (Lipinski definition) is 3. The fourth-order valence-electron chi connectivity index (χ4n) is 1.93. The molecule has 0 fully saturated rings. The van der Waals surface area contributed by atoms with Crippen LogP contribution in [0.4, 0.5) is 5.69 Å². The number of carbonyl (C=O) groups is 3. The number of nitrogens with one attached hydrogen (secondary N) is 3. The molecule has 6 heteroatoms. The third-order valence-electron chi connectivity index (χ3n) is 3.31. The van der Waals surface area contributed by atoms with Crippen LogP contribution in [-0.4, -0.2) is 31.3 Å². The van der Waals surface area contributed by atoms with Gasteiger partial charge in [-0.3, -0.25) is 14.4 Å². The summed E-state index contributed by atoms with van der Waals surface area (Å²) < 4.78 is 0. The fourth-order valence-corrected chi connectivity index (χ4v) is 1.93. The van der Waals surface area contributed by atoms with Crippen LogP contribution in [0.15, 0.2) is 42.5 Å². The van der Waals surface area contributed by atoms with Crippen molar-refractivity contribution in [2.75, 3.05) is 18.9 Å². The molecule has 0 saturated carbocycles. The number of likely N-dealkylation sites (N-methyl/N-ethyl adjacent to an activating group) is 1. The first kappa shape index (κ1) is 17.2. The molecule has 0 saturated heterocycles. The van der Waals surface area contributed by atoms with Crippen LogP contribution in [0.25, 0.3) is 0 Å². The first-order chi connectivity index (χ1) is 11.5. The van der Waals surface area contributed by atoms with Crippen molar-refractivity contribution in [3.63, 3.8) is 0 Å². The number of rotatable bonds is 5. The number of carbonyl (C=O) groups excluding carboxylic acids is 3. The average molecular weight is 324 g/mol. The number of amides is 3. The molecule has 0 unspecified atom stereocenters. The maximum Gasteiger partial charge on any atom is 0.255 e. The van der Waals surface area contributed by atoms with Gasteiger partial charge >= 0.3 is 0 Å². The van der Waals surface area contributed by atoms with Crippen molar-refractivity contribution in [1.82, 2.24) is 10.6 Å². The number of aryl methyl sites for hydroxylation is 1. The Labute approximate surface area is 140 Å². The summed E-state index contributed by atoms with van der Waals surface area (Å²) in [5.41, 5.74) is 2.35. The molecule has 0 bridgehead atoms. The second-order valence-corrected chi connectivity index (χ2v) is 5.19. The molecule has 0 aliphatic heterocycles. The first-order valence-electron chi connectivity index (χ1n) is 7.37. The Morgan fingerprint density at radius 2 is 1.71 bits per heavy atom. The van der Waals surface area contributed by atoms with Crippen LogP contribution < -0.4 is 16.0 Å². The summed E-state index contributed by atoms with van der Waals surface area (Å²) in [5, 5.41) is 7.62. The van der Waals surface area contributed by atoms with Crippen LogP contribution in [0.2, 0.25) is 0 Å². The zero-order valence-corrected chi connectivity index (χ0v) is 13.5. The molecule has 0 aromatic heterocycles. The van der Waals surface area contributed by atoms with Gasteiger partial charge in [-0.05, 0) is 43.3 Å². The lowest BCUT2D eigenvalue weighted by atomic mass is 10.1. The Morgan fingerprint density at radius 3 is 2.38 bits per heavy atom. The zero-order chi connectivity index (χ0) is 17.5. The van der Waals surface area contributed by atoms with Gasteiger partial charge in [0.25, 0.3) is 11.8 Å². The van der Waals surface area contributed by atoms with Crippen LogP contribution in [-0.2, 0) is 4.79 Å². The summed E-state index contributed by atoms with van der Waals surface area (Å²) in [4.78, 5) is 35.3. The van der Waals surface area contributed by atoms with E-state index in [1.165, 1.54) is 19.2 Å². The van der Waals surface area contributed by atoms with E-state index in [1.54, 1.807) is 18.2 Å². The van der Waals surface area contributed by atoms with E-state index in [9.17, 15) is 14.4 Å². The van der Waals surface area contributed by atoms with Crippen molar-refractivity contribution in [3.8, 4) is 0 Å². The van der Waals surface area contributed by atoms with Gasteiger partial charge in [-0.15, -0.1) is 0 Å². The molecule has 0 aliphatic carbocycles. The van der Waals surface area contributed by atoms with Crippen LogP contribution in [0.3, 0.4) is 0 Å². The molecular formula is C18H18N3O3. The molecule has 3 amide bonds. The summed E-state index contributed by atoms with van der Waals surface area (Å²) in [6, 6.07) is 14.6. The SMILES string of the molecule is CNC(=O)CNC(=O)c1c[c]cc(NC(=O)c2ccc(C)cc2)c1. The number of anilines is 1. The summed E-state index contributed by atoms with van der Waals surface area (Å²) in [5.74, 6) is -0.983. The molecule has 0 aliphatic rings. The number of hydrogen-bond donors (Lipinski definition) is 3. The highest BCUT2D eigenvalue weighted by molar-refractivity contribution is 6.05. The van der Waals surface area contributed by atoms with Gasteiger partial charge < -0.3 is 16.0 Å². The van der Waals surface area contributed by atoms with Crippen molar-refractivity contribution in [2.24, 2.45) is 0 Å². The monoisotopic (exact) mass is 324 g/mol. The van der Waals surface area contributed by atoms with E-state index >= 15 is 0 Å². The Morgan fingerprint density at radius 1 is 1.00 bits per heavy atom. The van der Waals surface area contributed by atoms with Crippen molar-refractivity contribution >= 4 is 23.4 Å². The molecule has 0 heterocycles. The van der Waals surface area contributed by atoms with Gasteiger partial charge in [0.05, 0.1) is 6.54 Å². The highest BCUT2D eigenvalue weighted by Crippen LogP contribution is 2.12. The minimum atomic E-state index is -0.415. The molecule has 123 valence electrons. The molecule has 2 aromatic carbocycles. The van der Waals surface area contributed by atoms with E-state index in [1.807, 2.05) is 19.1 Å². The van der Waals surface area contributed by atoms with Gasteiger partial charge in [-0.2, -0.15) is 0 Å². The second-order valence-electron chi connectivity index (χ2n) is 5.19. The summed E-state index contributed by atoms with van der Waals surface area (Å²) >= 11 is 0. The fraction of sp³-hybridized carbons (Fsp3) is 0.167. The van der Waals surface area contributed by atoms with E-state index in [2.05, 4.69) is 22.0 Å². The van der Waals surface area contributed by atoms with Crippen LogP contribution >= 0.6 is 0 Å².